The predicted octanol–water partition coefficient (Wildman–Crippen LogP) is 3.29. The number of carbonyl (C=O) groups is 1. The zero-order chi connectivity index (χ0) is 23.4. The highest BCUT2D eigenvalue weighted by Gasteiger charge is 2.32. The molecule has 0 unspecified atom stereocenters. The van der Waals surface area contributed by atoms with Crippen molar-refractivity contribution in [2.45, 2.75) is 37.7 Å². The molecule has 4 rings (SSSR count). The maximum Gasteiger partial charge on any atom is 0.236 e. The number of allylic oxidation sites excluding steroid dienone is 1. The number of piperazine rings is 1. The molecular formula is C23H29N7O2S. The van der Waals surface area contributed by atoms with Gasteiger partial charge in [0.05, 0.1) is 17.1 Å². The van der Waals surface area contributed by atoms with E-state index >= 15 is 0 Å². The molecule has 1 amide bonds. The Hall–Kier alpha value is -3.14. The van der Waals surface area contributed by atoms with Crippen molar-refractivity contribution < 1.29 is 9.21 Å². The van der Waals surface area contributed by atoms with Crippen LogP contribution in [-0.2, 0) is 11.3 Å². The van der Waals surface area contributed by atoms with Gasteiger partial charge in [-0.25, -0.2) is 9.97 Å². The van der Waals surface area contributed by atoms with E-state index in [0.29, 0.717) is 43.8 Å². The van der Waals surface area contributed by atoms with Crippen LogP contribution in [0.4, 0.5) is 5.95 Å². The maximum atomic E-state index is 13.5. The van der Waals surface area contributed by atoms with E-state index in [-0.39, 0.29) is 17.1 Å². The van der Waals surface area contributed by atoms with Crippen LogP contribution in [0, 0.1) is 12.8 Å². The minimum Gasteiger partial charge on any atom is -0.469 e. The van der Waals surface area contributed by atoms with Gasteiger partial charge in [-0.15, -0.1) is 16.8 Å². The number of anilines is 1. The monoisotopic (exact) mass is 467 g/mol. The average Bonchev–Trinajstić information content (AvgIpc) is 3.43. The number of hydrogen-bond acceptors (Lipinski definition) is 8. The van der Waals surface area contributed by atoms with Crippen molar-refractivity contribution in [1.82, 2.24) is 29.6 Å². The van der Waals surface area contributed by atoms with Gasteiger partial charge >= 0.3 is 0 Å². The molecule has 0 bridgehead atoms. The van der Waals surface area contributed by atoms with E-state index in [2.05, 4.69) is 45.5 Å². The Balaban J connectivity index is 1.49. The second-order valence-corrected chi connectivity index (χ2v) is 9.35. The molecule has 1 aliphatic rings. The number of aryl methyl sites for hydroxylation is 1. The van der Waals surface area contributed by atoms with Crippen LogP contribution in [-0.4, -0.2) is 67.0 Å². The summed E-state index contributed by atoms with van der Waals surface area (Å²) in [7, 11) is 0. The lowest BCUT2D eigenvalue weighted by molar-refractivity contribution is -0.131. The summed E-state index contributed by atoms with van der Waals surface area (Å²) in [5.74, 6) is 2.46. The van der Waals surface area contributed by atoms with Crippen LogP contribution in [0.2, 0.25) is 0 Å². The first-order valence-corrected chi connectivity index (χ1v) is 11.9. The summed E-state index contributed by atoms with van der Waals surface area (Å²) >= 11 is 1.47. The number of nitrogens with zero attached hydrogens (tertiary/aromatic N) is 7. The molecule has 0 N–H and O–H groups in total. The third-order valence-electron chi connectivity index (χ3n) is 5.64. The molecule has 0 spiro atoms. The van der Waals surface area contributed by atoms with Crippen LogP contribution in [0.1, 0.15) is 19.6 Å². The van der Waals surface area contributed by atoms with Gasteiger partial charge in [-0.1, -0.05) is 31.7 Å². The fourth-order valence-electron chi connectivity index (χ4n) is 3.83. The van der Waals surface area contributed by atoms with Crippen molar-refractivity contribution in [2.75, 3.05) is 31.1 Å². The van der Waals surface area contributed by atoms with Gasteiger partial charge in [0, 0.05) is 45.1 Å². The Morgan fingerprint density at radius 1 is 1.21 bits per heavy atom. The molecule has 33 heavy (non-hydrogen) atoms. The molecule has 4 heterocycles. The molecular weight excluding hydrogens is 438 g/mol. The van der Waals surface area contributed by atoms with Crippen LogP contribution in [0.25, 0.3) is 11.4 Å². The van der Waals surface area contributed by atoms with E-state index < -0.39 is 0 Å². The van der Waals surface area contributed by atoms with Crippen molar-refractivity contribution in [2.24, 2.45) is 5.92 Å². The Morgan fingerprint density at radius 3 is 2.55 bits per heavy atom. The van der Waals surface area contributed by atoms with Crippen LogP contribution < -0.4 is 4.90 Å². The van der Waals surface area contributed by atoms with Gasteiger partial charge in [0.25, 0.3) is 0 Å². The highest BCUT2D eigenvalue weighted by molar-refractivity contribution is 8.00. The molecule has 0 aromatic carbocycles. The molecule has 10 heteroatoms. The zero-order valence-corrected chi connectivity index (χ0v) is 20.0. The quantitative estimate of drug-likeness (QED) is 0.368. The molecule has 1 fully saturated rings. The van der Waals surface area contributed by atoms with E-state index in [9.17, 15) is 4.79 Å². The zero-order valence-electron chi connectivity index (χ0n) is 19.2. The van der Waals surface area contributed by atoms with E-state index in [4.69, 9.17) is 4.42 Å². The first-order valence-electron chi connectivity index (χ1n) is 11.1. The van der Waals surface area contributed by atoms with Crippen molar-refractivity contribution in [3.63, 3.8) is 0 Å². The lowest BCUT2D eigenvalue weighted by Crippen LogP contribution is -2.52. The van der Waals surface area contributed by atoms with E-state index in [1.807, 2.05) is 28.5 Å². The number of aromatic nitrogens is 5. The SMILES string of the molecule is C=CCn1c(S[C@@H](C(=O)N2CCN(c3ncccn3)CC2)C(C)C)nnc1-c1ccoc1C. The topological polar surface area (TPSA) is 93.2 Å². The number of hydrogen-bond donors (Lipinski definition) is 0. The lowest BCUT2D eigenvalue weighted by atomic mass is 10.1. The van der Waals surface area contributed by atoms with Crippen LogP contribution >= 0.6 is 11.8 Å². The van der Waals surface area contributed by atoms with Gasteiger partial charge in [-0.05, 0) is 25.0 Å². The molecule has 1 saturated heterocycles. The fraction of sp³-hybridized carbons (Fsp3) is 0.435. The van der Waals surface area contributed by atoms with Gasteiger partial charge in [-0.2, -0.15) is 0 Å². The van der Waals surface area contributed by atoms with Crippen LogP contribution in [0.15, 0.2) is 53.0 Å². The van der Waals surface area contributed by atoms with E-state index in [1.54, 1.807) is 24.7 Å². The number of rotatable bonds is 8. The van der Waals surface area contributed by atoms with Crippen molar-refractivity contribution in [3.8, 4) is 11.4 Å². The molecule has 9 nitrogen and oxygen atoms in total. The predicted molar refractivity (Wildman–Crippen MR) is 128 cm³/mol. The minimum atomic E-state index is -0.268. The van der Waals surface area contributed by atoms with Gasteiger partial charge in [0.15, 0.2) is 11.0 Å². The first-order chi connectivity index (χ1) is 16.0. The van der Waals surface area contributed by atoms with E-state index in [0.717, 1.165) is 17.1 Å². The minimum absolute atomic E-state index is 0.123. The third kappa shape index (κ3) is 4.95. The average molecular weight is 468 g/mol. The fourth-order valence-corrected chi connectivity index (χ4v) is 4.96. The molecule has 174 valence electrons. The van der Waals surface area contributed by atoms with Crippen molar-refractivity contribution in [1.29, 1.82) is 0 Å². The summed E-state index contributed by atoms with van der Waals surface area (Å²) in [5.41, 5.74) is 0.892. The highest BCUT2D eigenvalue weighted by Crippen LogP contribution is 2.32. The Bertz CT molecular complexity index is 1090. The van der Waals surface area contributed by atoms with Gasteiger partial charge in [0.1, 0.15) is 5.76 Å². The lowest BCUT2D eigenvalue weighted by Gasteiger charge is -2.36. The molecule has 1 atom stereocenters. The molecule has 0 saturated carbocycles. The van der Waals surface area contributed by atoms with Gasteiger partial charge in [-0.3, -0.25) is 9.36 Å². The summed E-state index contributed by atoms with van der Waals surface area (Å²) in [6.45, 7) is 13.2. The van der Waals surface area contributed by atoms with Crippen LogP contribution in [0.3, 0.4) is 0 Å². The smallest absolute Gasteiger partial charge is 0.236 e. The second kappa shape index (κ2) is 10.2. The Kier molecular flexibility index (Phi) is 7.12. The Labute approximate surface area is 197 Å². The van der Waals surface area contributed by atoms with E-state index in [1.165, 1.54) is 11.8 Å². The number of amides is 1. The number of thioether (sulfide) groups is 1. The maximum absolute atomic E-state index is 13.5. The summed E-state index contributed by atoms with van der Waals surface area (Å²) in [5, 5.41) is 9.26. The highest BCUT2D eigenvalue weighted by atomic mass is 32.2. The summed E-state index contributed by atoms with van der Waals surface area (Å²) in [4.78, 5) is 26.2. The first kappa shape index (κ1) is 23.0. The summed E-state index contributed by atoms with van der Waals surface area (Å²) in [6.07, 6.45) is 6.93. The molecule has 0 radical (unpaired) electrons. The van der Waals surface area contributed by atoms with Crippen molar-refractivity contribution in [3.05, 3.63) is 49.2 Å². The summed E-state index contributed by atoms with van der Waals surface area (Å²) in [6, 6.07) is 3.69. The molecule has 3 aromatic heterocycles. The molecule has 3 aromatic rings. The summed E-state index contributed by atoms with van der Waals surface area (Å²) < 4.78 is 7.44. The van der Waals surface area contributed by atoms with Crippen LogP contribution in [0.5, 0.6) is 0 Å². The normalized spacial score (nSPS) is 15.2. The van der Waals surface area contributed by atoms with Gasteiger partial charge < -0.3 is 14.2 Å². The standard InChI is InChI=1S/C23H29N7O2S/c1-5-10-30-20(18-7-15-32-17(18)4)26-27-23(30)33-19(16(2)3)21(31)28-11-13-29(14-12-28)22-24-8-6-9-25-22/h5-9,15-16,19H,1,10-14H2,2-4H3/t19-/m1/s1. The molecule has 0 aliphatic carbocycles. The van der Waals surface area contributed by atoms with Crippen molar-refractivity contribution >= 4 is 23.6 Å². The Morgan fingerprint density at radius 2 is 1.94 bits per heavy atom. The third-order valence-corrected chi connectivity index (χ3v) is 7.15. The molecule has 1 aliphatic heterocycles. The second-order valence-electron chi connectivity index (χ2n) is 8.24. The number of carbonyl (C=O) groups excluding carboxylic acids is 1. The largest absolute Gasteiger partial charge is 0.469 e. The number of furan rings is 1. The van der Waals surface area contributed by atoms with Gasteiger partial charge in [0.2, 0.25) is 11.9 Å².